The minimum absolute atomic E-state index is 0.0947. The Kier molecular flexibility index (Phi) is 5.67. The highest BCUT2D eigenvalue weighted by Crippen LogP contribution is 2.55. The number of rotatable bonds is 4. The first-order valence-corrected chi connectivity index (χ1v) is 10.1. The number of amides is 1. The summed E-state index contributed by atoms with van der Waals surface area (Å²) in [4.78, 5) is 24.9. The zero-order valence-corrected chi connectivity index (χ0v) is 18.0. The van der Waals surface area contributed by atoms with Crippen LogP contribution in [0.5, 0.6) is 5.75 Å². The van der Waals surface area contributed by atoms with Crippen molar-refractivity contribution >= 4 is 22.6 Å². The molecule has 182 valence electrons. The van der Waals surface area contributed by atoms with Gasteiger partial charge in [-0.25, -0.2) is 4.39 Å². The Morgan fingerprint density at radius 2 is 1.91 bits per heavy atom. The zero-order valence-electron chi connectivity index (χ0n) is 18.0. The van der Waals surface area contributed by atoms with Gasteiger partial charge in [-0.3, -0.25) is 9.59 Å². The second-order valence-corrected chi connectivity index (χ2v) is 8.18. The maximum atomic E-state index is 14.4. The van der Waals surface area contributed by atoms with Gasteiger partial charge in [0.05, 0.1) is 12.5 Å². The summed E-state index contributed by atoms with van der Waals surface area (Å²) >= 11 is 0. The number of nitrogens with one attached hydrogen (secondary N) is 2. The van der Waals surface area contributed by atoms with Gasteiger partial charge in [0.2, 0.25) is 5.82 Å². The maximum Gasteiger partial charge on any atom is 0.417 e. The molecule has 0 bridgehead atoms. The number of H-pyrrole nitrogens is 1. The van der Waals surface area contributed by atoms with Gasteiger partial charge in [-0.15, -0.1) is 0 Å². The van der Waals surface area contributed by atoms with E-state index < -0.39 is 58.6 Å². The summed E-state index contributed by atoms with van der Waals surface area (Å²) in [5.74, 6) is -6.98. The number of aromatic nitrogens is 1. The molecular weight excluding hydrogens is 467 g/mol. The van der Waals surface area contributed by atoms with Gasteiger partial charge in [0.25, 0.3) is 11.5 Å². The number of hydrogen-bond donors (Lipinski definition) is 2. The SMILES string of the molecule is COc1c([C@H]2[C@H](C(=O)Nc3ccc4o[nH]c(=O)c4c3)O[C@@](C)(C(F)(F)F)[C@H]2C)ccc(F)c1F. The van der Waals surface area contributed by atoms with Crippen LogP contribution in [-0.4, -0.2) is 36.1 Å². The average Bonchev–Trinajstić information content (AvgIpc) is 3.27. The number of ether oxygens (including phenoxy) is 2. The molecule has 3 aromatic rings. The van der Waals surface area contributed by atoms with Crippen LogP contribution in [-0.2, 0) is 9.53 Å². The Morgan fingerprint density at radius 3 is 2.56 bits per heavy atom. The van der Waals surface area contributed by atoms with E-state index in [1.54, 1.807) is 0 Å². The van der Waals surface area contributed by atoms with Crippen LogP contribution in [0, 0.1) is 17.6 Å². The summed E-state index contributed by atoms with van der Waals surface area (Å²) in [6.07, 6.45) is -6.63. The van der Waals surface area contributed by atoms with E-state index in [9.17, 15) is 31.5 Å². The summed E-state index contributed by atoms with van der Waals surface area (Å²) in [5, 5.41) is 4.66. The number of benzene rings is 2. The number of hydrogen-bond acceptors (Lipinski definition) is 5. The lowest BCUT2D eigenvalue weighted by Crippen LogP contribution is -2.47. The second-order valence-electron chi connectivity index (χ2n) is 8.18. The molecule has 0 spiro atoms. The van der Waals surface area contributed by atoms with Crippen molar-refractivity contribution < 1.29 is 40.7 Å². The van der Waals surface area contributed by atoms with Crippen molar-refractivity contribution in [2.75, 3.05) is 12.4 Å². The quantitative estimate of drug-likeness (QED) is 0.531. The second kappa shape index (κ2) is 8.12. The fourth-order valence-electron chi connectivity index (χ4n) is 4.28. The Morgan fingerprint density at radius 1 is 1.21 bits per heavy atom. The zero-order chi connectivity index (χ0) is 25.0. The van der Waals surface area contributed by atoms with E-state index >= 15 is 0 Å². The van der Waals surface area contributed by atoms with Crippen molar-refractivity contribution in [2.24, 2.45) is 5.92 Å². The molecule has 1 aromatic heterocycles. The minimum atomic E-state index is -4.88. The van der Waals surface area contributed by atoms with Gasteiger partial charge in [0.15, 0.2) is 22.8 Å². The average molecular weight is 486 g/mol. The van der Waals surface area contributed by atoms with E-state index in [-0.39, 0.29) is 22.2 Å². The Labute approximate surface area is 188 Å². The topological polar surface area (TPSA) is 93.6 Å². The first kappa shape index (κ1) is 23.7. The van der Waals surface area contributed by atoms with Crippen molar-refractivity contribution in [3.05, 3.63) is 57.9 Å². The lowest BCUT2D eigenvalue weighted by Gasteiger charge is -2.32. The Balaban J connectivity index is 1.77. The molecule has 1 saturated heterocycles. The number of aromatic amines is 1. The van der Waals surface area contributed by atoms with Crippen molar-refractivity contribution in [3.8, 4) is 5.75 Å². The van der Waals surface area contributed by atoms with Crippen LogP contribution in [0.1, 0.15) is 25.3 Å². The monoisotopic (exact) mass is 486 g/mol. The lowest BCUT2D eigenvalue weighted by atomic mass is 9.77. The van der Waals surface area contributed by atoms with Crippen LogP contribution < -0.4 is 15.6 Å². The largest absolute Gasteiger partial charge is 0.493 e. The van der Waals surface area contributed by atoms with E-state index in [0.29, 0.717) is 0 Å². The molecule has 1 amide bonds. The number of fused-ring (bicyclic) bond motifs is 1. The van der Waals surface area contributed by atoms with E-state index in [1.807, 2.05) is 0 Å². The van der Waals surface area contributed by atoms with Gasteiger partial charge in [0, 0.05) is 23.1 Å². The number of anilines is 1. The molecule has 1 fully saturated rings. The van der Waals surface area contributed by atoms with E-state index in [4.69, 9.17) is 14.0 Å². The van der Waals surface area contributed by atoms with Gasteiger partial charge in [0.1, 0.15) is 6.10 Å². The first-order valence-electron chi connectivity index (χ1n) is 10.1. The number of alkyl halides is 3. The fourth-order valence-corrected chi connectivity index (χ4v) is 4.28. The standard InChI is InChI=1S/C22H19F5N2O5/c1-9-15(11-5-6-13(23)16(24)17(11)32-3)18(33-21(9,2)22(25,26)27)20(31)28-10-4-7-14-12(8-10)19(30)29-34-14/h4-9,15,18H,1-3H3,(H,28,31)(H,29,30)/t9-,15-,18+,21+/m0/s1. The summed E-state index contributed by atoms with van der Waals surface area (Å²) in [6.45, 7) is 2.00. The van der Waals surface area contributed by atoms with Crippen LogP contribution in [0.25, 0.3) is 11.0 Å². The molecule has 0 saturated carbocycles. The Hall–Kier alpha value is -3.41. The summed E-state index contributed by atoms with van der Waals surface area (Å²) < 4.78 is 85.3. The summed E-state index contributed by atoms with van der Waals surface area (Å²) in [6, 6.07) is 5.87. The molecule has 0 aliphatic carbocycles. The number of carbonyl (C=O) groups excluding carboxylic acids is 1. The molecule has 1 aliphatic rings. The molecule has 0 radical (unpaired) electrons. The van der Waals surface area contributed by atoms with Crippen LogP contribution in [0.3, 0.4) is 0 Å². The molecule has 12 heteroatoms. The van der Waals surface area contributed by atoms with Gasteiger partial charge in [-0.05, 0) is 31.2 Å². The predicted octanol–water partition coefficient (Wildman–Crippen LogP) is 4.49. The van der Waals surface area contributed by atoms with E-state index in [2.05, 4.69) is 10.5 Å². The highest BCUT2D eigenvalue weighted by atomic mass is 19.4. The molecule has 7 nitrogen and oxygen atoms in total. The molecule has 4 atom stereocenters. The normalized spacial score (nSPS) is 25.0. The van der Waals surface area contributed by atoms with Crippen molar-refractivity contribution in [2.45, 2.75) is 37.6 Å². The Bertz CT molecular complexity index is 1320. The van der Waals surface area contributed by atoms with Crippen LogP contribution in [0.4, 0.5) is 27.6 Å². The third-order valence-corrected chi connectivity index (χ3v) is 6.32. The van der Waals surface area contributed by atoms with Gasteiger partial charge >= 0.3 is 6.18 Å². The van der Waals surface area contributed by atoms with Crippen molar-refractivity contribution in [3.63, 3.8) is 0 Å². The number of carbonyl (C=O) groups is 1. The first-order chi connectivity index (χ1) is 15.9. The highest BCUT2D eigenvalue weighted by molar-refractivity contribution is 5.97. The molecule has 1 aliphatic heterocycles. The molecule has 0 unspecified atom stereocenters. The smallest absolute Gasteiger partial charge is 0.417 e. The maximum absolute atomic E-state index is 14.4. The van der Waals surface area contributed by atoms with Crippen LogP contribution >= 0.6 is 0 Å². The molecule has 34 heavy (non-hydrogen) atoms. The van der Waals surface area contributed by atoms with Gasteiger partial charge in [-0.2, -0.15) is 22.7 Å². The van der Waals surface area contributed by atoms with Crippen molar-refractivity contribution in [1.82, 2.24) is 5.16 Å². The van der Waals surface area contributed by atoms with Crippen LogP contribution in [0.15, 0.2) is 39.6 Å². The molecule has 4 rings (SSSR count). The van der Waals surface area contributed by atoms with Gasteiger partial charge < -0.3 is 19.3 Å². The van der Waals surface area contributed by atoms with E-state index in [1.165, 1.54) is 25.1 Å². The van der Waals surface area contributed by atoms with Gasteiger partial charge in [-0.1, -0.05) is 13.0 Å². The summed E-state index contributed by atoms with van der Waals surface area (Å²) in [5.41, 5.74) is -3.18. The predicted molar refractivity (Wildman–Crippen MR) is 110 cm³/mol. The molecule has 2 N–H and O–H groups in total. The third kappa shape index (κ3) is 3.61. The van der Waals surface area contributed by atoms with E-state index in [0.717, 1.165) is 26.2 Å². The lowest BCUT2D eigenvalue weighted by molar-refractivity contribution is -0.272. The number of halogens is 5. The fraction of sp³-hybridized carbons (Fsp3) is 0.364. The highest BCUT2D eigenvalue weighted by Gasteiger charge is 2.65. The summed E-state index contributed by atoms with van der Waals surface area (Å²) in [7, 11) is 1.04. The minimum Gasteiger partial charge on any atom is -0.493 e. The van der Waals surface area contributed by atoms with Crippen LogP contribution in [0.2, 0.25) is 0 Å². The molecular formula is C22H19F5N2O5. The number of methoxy groups -OCH3 is 1. The molecule has 2 aromatic carbocycles. The third-order valence-electron chi connectivity index (χ3n) is 6.32. The van der Waals surface area contributed by atoms with Crippen molar-refractivity contribution in [1.29, 1.82) is 0 Å². The molecule has 2 heterocycles.